The molecule has 0 aliphatic rings. The molecule has 0 saturated carbocycles. The Morgan fingerprint density at radius 3 is 1.33 bits per heavy atom. The van der Waals surface area contributed by atoms with Gasteiger partial charge in [-0.25, -0.2) is 0 Å². The van der Waals surface area contributed by atoms with Crippen LogP contribution in [0.1, 0.15) is 53.4 Å². The van der Waals surface area contributed by atoms with Gasteiger partial charge in [-0.3, -0.25) is 0 Å². The van der Waals surface area contributed by atoms with Gasteiger partial charge in [-0.15, -0.1) is 0 Å². The van der Waals surface area contributed by atoms with E-state index < -0.39 is 0 Å². The molecule has 0 atom stereocenters. The van der Waals surface area contributed by atoms with E-state index in [9.17, 15) is 10.2 Å². The van der Waals surface area contributed by atoms with Crippen molar-refractivity contribution in [2.24, 2.45) is 17.3 Å². The van der Waals surface area contributed by atoms with Crippen LogP contribution in [0, 0.1) is 17.3 Å². The summed E-state index contributed by atoms with van der Waals surface area (Å²) in [6, 6.07) is 0. The highest BCUT2D eigenvalue weighted by atomic mass is 16.3. The zero-order valence-electron chi connectivity index (χ0n) is 10.8. The van der Waals surface area contributed by atoms with E-state index in [0.717, 1.165) is 25.7 Å². The molecule has 92 valence electrons. The molecule has 0 bridgehead atoms. The molecule has 0 amide bonds. The lowest BCUT2D eigenvalue weighted by Crippen LogP contribution is -2.30. The van der Waals surface area contributed by atoms with Gasteiger partial charge in [0.15, 0.2) is 0 Å². The zero-order chi connectivity index (χ0) is 11.9. The smallest absolute Gasteiger partial charge is 0.0509 e. The maximum absolute atomic E-state index is 9.44. The monoisotopic (exact) mass is 216 g/mol. The highest BCUT2D eigenvalue weighted by Gasteiger charge is 2.28. The molecule has 0 fully saturated rings. The van der Waals surface area contributed by atoms with Gasteiger partial charge in [-0.05, 0) is 24.7 Å². The van der Waals surface area contributed by atoms with Crippen molar-refractivity contribution < 1.29 is 10.2 Å². The van der Waals surface area contributed by atoms with Gasteiger partial charge in [0.25, 0.3) is 0 Å². The summed E-state index contributed by atoms with van der Waals surface area (Å²) in [7, 11) is 0. The Labute approximate surface area is 94.7 Å². The summed E-state index contributed by atoms with van der Waals surface area (Å²) >= 11 is 0. The average Bonchev–Trinajstić information content (AvgIpc) is 2.19. The van der Waals surface area contributed by atoms with E-state index in [1.165, 1.54) is 0 Å². The molecular weight excluding hydrogens is 188 g/mol. The lowest BCUT2D eigenvalue weighted by molar-refractivity contribution is 0.0312. The topological polar surface area (TPSA) is 40.5 Å². The van der Waals surface area contributed by atoms with Crippen LogP contribution in [0.3, 0.4) is 0 Å². The fraction of sp³-hybridized carbons (Fsp3) is 1.00. The molecule has 0 heterocycles. The van der Waals surface area contributed by atoms with Gasteiger partial charge in [-0.2, -0.15) is 0 Å². The number of hydrogen-bond donors (Lipinski definition) is 2. The standard InChI is InChI=1S/C13H28O2/c1-11(2)5-7-13(9-14,10-15)8-6-12(3)4/h11-12,14-15H,5-10H2,1-4H3. The quantitative estimate of drug-likeness (QED) is 0.655. The summed E-state index contributed by atoms with van der Waals surface area (Å²) < 4.78 is 0. The highest BCUT2D eigenvalue weighted by molar-refractivity contribution is 4.78. The molecule has 0 saturated heterocycles. The third-order valence-electron chi connectivity index (χ3n) is 3.17. The lowest BCUT2D eigenvalue weighted by atomic mass is 9.77. The van der Waals surface area contributed by atoms with Crippen molar-refractivity contribution in [1.82, 2.24) is 0 Å². The fourth-order valence-electron chi connectivity index (χ4n) is 1.68. The molecule has 2 nitrogen and oxygen atoms in total. The van der Waals surface area contributed by atoms with Crippen molar-refractivity contribution >= 4 is 0 Å². The number of rotatable bonds is 8. The van der Waals surface area contributed by atoms with E-state index in [-0.39, 0.29) is 18.6 Å². The molecule has 0 rings (SSSR count). The van der Waals surface area contributed by atoms with Crippen molar-refractivity contribution in [1.29, 1.82) is 0 Å². The minimum atomic E-state index is -0.242. The third-order valence-corrected chi connectivity index (χ3v) is 3.17. The summed E-state index contributed by atoms with van der Waals surface area (Å²) in [5.74, 6) is 1.28. The van der Waals surface area contributed by atoms with Crippen LogP contribution >= 0.6 is 0 Å². The van der Waals surface area contributed by atoms with Gasteiger partial charge in [0.2, 0.25) is 0 Å². The summed E-state index contributed by atoms with van der Waals surface area (Å²) in [4.78, 5) is 0. The predicted octanol–water partition coefficient (Wildman–Crippen LogP) is 2.83. The Morgan fingerprint density at radius 2 is 1.13 bits per heavy atom. The SMILES string of the molecule is CC(C)CCC(CO)(CO)CCC(C)C. The van der Waals surface area contributed by atoms with Crippen molar-refractivity contribution in [2.75, 3.05) is 13.2 Å². The van der Waals surface area contributed by atoms with Crippen LogP contribution in [-0.4, -0.2) is 23.4 Å². The first-order chi connectivity index (χ1) is 6.95. The van der Waals surface area contributed by atoms with Gasteiger partial charge >= 0.3 is 0 Å². The second-order valence-corrected chi connectivity index (χ2v) is 5.68. The summed E-state index contributed by atoms with van der Waals surface area (Å²) in [6.07, 6.45) is 4.03. The van der Waals surface area contributed by atoms with Crippen molar-refractivity contribution in [3.63, 3.8) is 0 Å². The Balaban J connectivity index is 4.17. The molecule has 2 N–H and O–H groups in total. The Morgan fingerprint density at radius 1 is 0.800 bits per heavy atom. The van der Waals surface area contributed by atoms with E-state index in [4.69, 9.17) is 0 Å². The molecule has 0 unspecified atom stereocenters. The van der Waals surface area contributed by atoms with E-state index in [0.29, 0.717) is 11.8 Å². The van der Waals surface area contributed by atoms with Crippen LogP contribution in [0.5, 0.6) is 0 Å². The normalized spacial score (nSPS) is 12.8. The molecule has 0 aliphatic heterocycles. The average molecular weight is 216 g/mol. The van der Waals surface area contributed by atoms with Crippen molar-refractivity contribution in [3.8, 4) is 0 Å². The molecule has 15 heavy (non-hydrogen) atoms. The maximum Gasteiger partial charge on any atom is 0.0509 e. The molecule has 2 heteroatoms. The van der Waals surface area contributed by atoms with Gasteiger partial charge < -0.3 is 10.2 Å². The van der Waals surface area contributed by atoms with Crippen LogP contribution in [0.15, 0.2) is 0 Å². The van der Waals surface area contributed by atoms with Crippen molar-refractivity contribution in [3.05, 3.63) is 0 Å². The minimum Gasteiger partial charge on any atom is -0.396 e. The van der Waals surface area contributed by atoms with Crippen LogP contribution < -0.4 is 0 Å². The fourth-order valence-corrected chi connectivity index (χ4v) is 1.68. The number of hydrogen-bond acceptors (Lipinski definition) is 2. The van der Waals surface area contributed by atoms with Crippen LogP contribution in [0.4, 0.5) is 0 Å². The molecule has 0 radical (unpaired) electrons. The van der Waals surface area contributed by atoms with Crippen LogP contribution in [0.25, 0.3) is 0 Å². The van der Waals surface area contributed by atoms with E-state index >= 15 is 0 Å². The van der Waals surface area contributed by atoms with Gasteiger partial charge in [0.1, 0.15) is 0 Å². The minimum absolute atomic E-state index is 0.114. The van der Waals surface area contributed by atoms with Crippen LogP contribution in [-0.2, 0) is 0 Å². The highest BCUT2D eigenvalue weighted by Crippen LogP contribution is 2.31. The first kappa shape index (κ1) is 14.9. The first-order valence-electron chi connectivity index (χ1n) is 6.17. The summed E-state index contributed by atoms with van der Waals surface area (Å²) in [6.45, 7) is 8.96. The predicted molar refractivity (Wildman–Crippen MR) is 64.7 cm³/mol. The maximum atomic E-state index is 9.44. The van der Waals surface area contributed by atoms with Gasteiger partial charge in [0, 0.05) is 5.41 Å². The van der Waals surface area contributed by atoms with Gasteiger partial charge in [-0.1, -0.05) is 40.5 Å². The molecule has 0 aromatic carbocycles. The molecule has 0 aliphatic carbocycles. The van der Waals surface area contributed by atoms with Gasteiger partial charge in [0.05, 0.1) is 13.2 Å². The summed E-state index contributed by atoms with van der Waals surface area (Å²) in [5, 5.41) is 18.9. The van der Waals surface area contributed by atoms with Crippen molar-refractivity contribution in [2.45, 2.75) is 53.4 Å². The lowest BCUT2D eigenvalue weighted by Gasteiger charge is -2.31. The third kappa shape index (κ3) is 6.16. The number of aliphatic hydroxyl groups excluding tert-OH is 2. The molecule has 0 aromatic rings. The molecule has 0 aromatic heterocycles. The second kappa shape index (κ2) is 7.24. The first-order valence-corrected chi connectivity index (χ1v) is 6.17. The molecular formula is C13H28O2. The van der Waals surface area contributed by atoms with E-state index in [2.05, 4.69) is 27.7 Å². The zero-order valence-corrected chi connectivity index (χ0v) is 10.8. The van der Waals surface area contributed by atoms with Crippen LogP contribution in [0.2, 0.25) is 0 Å². The van der Waals surface area contributed by atoms with E-state index in [1.807, 2.05) is 0 Å². The second-order valence-electron chi connectivity index (χ2n) is 5.68. The Bertz CT molecular complexity index is 135. The largest absolute Gasteiger partial charge is 0.396 e. The number of aliphatic hydroxyl groups is 2. The summed E-state index contributed by atoms with van der Waals surface area (Å²) in [5.41, 5.74) is -0.242. The Hall–Kier alpha value is -0.0800. The van der Waals surface area contributed by atoms with E-state index in [1.54, 1.807) is 0 Å². The Kier molecular flexibility index (Phi) is 7.20. The molecule has 0 spiro atoms.